The van der Waals surface area contributed by atoms with Crippen molar-refractivity contribution >= 4 is 0 Å². The maximum atomic E-state index is 8.82. The van der Waals surface area contributed by atoms with Gasteiger partial charge in [-0.1, -0.05) is 13.2 Å². The van der Waals surface area contributed by atoms with Gasteiger partial charge in [0.2, 0.25) is 0 Å². The van der Waals surface area contributed by atoms with Crippen molar-refractivity contribution in [2.45, 2.75) is 12.8 Å². The summed E-state index contributed by atoms with van der Waals surface area (Å²) in [4.78, 5) is 0. The van der Waals surface area contributed by atoms with Crippen LogP contribution in [0, 0.1) is 28.1 Å². The molecule has 0 aliphatic rings. The van der Waals surface area contributed by atoms with Gasteiger partial charge in [-0.15, -0.1) is 11.5 Å². The molecule has 2 nitrogen and oxygen atoms in total. The first-order valence-electron chi connectivity index (χ1n) is 3.76. The second kappa shape index (κ2) is 5.64. The quantitative estimate of drug-likeness (QED) is 0.608. The van der Waals surface area contributed by atoms with E-state index in [1.165, 1.54) is 0 Å². The normalized spacial score (nSPS) is 8.46. The van der Waals surface area contributed by atoms with Crippen LogP contribution in [0.15, 0.2) is 36.8 Å². The van der Waals surface area contributed by atoms with Crippen LogP contribution in [0.1, 0.15) is 12.8 Å². The summed E-state index contributed by atoms with van der Waals surface area (Å²) in [7, 11) is 0. The fourth-order valence-electron chi connectivity index (χ4n) is 0.784. The Morgan fingerprint density at radius 3 is 1.62 bits per heavy atom. The van der Waals surface area contributed by atoms with E-state index in [4.69, 9.17) is 10.5 Å². The monoisotopic (exact) mass is 170 g/mol. The van der Waals surface area contributed by atoms with Gasteiger partial charge >= 0.3 is 0 Å². The molecule has 0 fully saturated rings. The van der Waals surface area contributed by atoms with Gasteiger partial charge in [-0.25, -0.2) is 0 Å². The second-order valence-corrected chi connectivity index (χ2v) is 2.53. The van der Waals surface area contributed by atoms with Gasteiger partial charge in [0.05, 0.1) is 12.1 Å². The molecule has 0 unspecified atom stereocenters. The van der Waals surface area contributed by atoms with E-state index in [1.54, 1.807) is 12.2 Å². The Kier molecular flexibility index (Phi) is 4.78. The van der Waals surface area contributed by atoms with Crippen LogP contribution >= 0.6 is 0 Å². The maximum absolute atomic E-state index is 8.82. The van der Waals surface area contributed by atoms with E-state index >= 15 is 0 Å². The van der Waals surface area contributed by atoms with Crippen LogP contribution in [0.2, 0.25) is 0 Å². The Bertz CT molecular complexity index is 303. The molecule has 0 atom stereocenters. The van der Waals surface area contributed by atoms with Gasteiger partial charge in [0, 0.05) is 12.8 Å². The number of hydrogen-bond acceptors (Lipinski definition) is 2. The molecule has 0 saturated heterocycles. The van der Waals surface area contributed by atoms with E-state index in [-0.39, 0.29) is 0 Å². The second-order valence-electron chi connectivity index (χ2n) is 2.53. The SMILES string of the molecule is C=C=CCC(C#N)(C#N)CC=C=C. The highest BCUT2D eigenvalue weighted by molar-refractivity contribution is 5.18. The molecule has 0 aromatic rings. The Morgan fingerprint density at radius 2 is 1.38 bits per heavy atom. The number of nitriles is 2. The minimum Gasteiger partial charge on any atom is -0.197 e. The fraction of sp³-hybridized carbons (Fsp3) is 0.273. The molecular formula is C11H10N2. The Labute approximate surface area is 78.4 Å². The van der Waals surface area contributed by atoms with Crippen LogP contribution in [0.4, 0.5) is 0 Å². The first kappa shape index (κ1) is 11.0. The van der Waals surface area contributed by atoms with Gasteiger partial charge in [0.1, 0.15) is 0 Å². The Morgan fingerprint density at radius 1 is 1.00 bits per heavy atom. The van der Waals surface area contributed by atoms with Crippen molar-refractivity contribution in [2.75, 3.05) is 0 Å². The molecule has 0 aliphatic heterocycles. The molecule has 0 aliphatic carbocycles. The number of allylic oxidation sites excluding steroid dienone is 2. The molecule has 0 aromatic heterocycles. The lowest BCUT2D eigenvalue weighted by Crippen LogP contribution is -2.13. The van der Waals surface area contributed by atoms with Crippen LogP contribution in [-0.4, -0.2) is 0 Å². The van der Waals surface area contributed by atoms with Crippen molar-refractivity contribution in [1.29, 1.82) is 10.5 Å². The summed E-state index contributed by atoms with van der Waals surface area (Å²) in [6.07, 6.45) is 3.84. The summed E-state index contributed by atoms with van der Waals surface area (Å²) >= 11 is 0. The van der Waals surface area contributed by atoms with E-state index in [2.05, 4.69) is 24.6 Å². The van der Waals surface area contributed by atoms with Crippen molar-refractivity contribution in [3.8, 4) is 12.1 Å². The number of rotatable bonds is 4. The molecule has 0 radical (unpaired) electrons. The molecule has 2 heteroatoms. The van der Waals surface area contributed by atoms with Gasteiger partial charge < -0.3 is 0 Å². The smallest absolute Gasteiger partial charge is 0.151 e. The topological polar surface area (TPSA) is 47.6 Å². The summed E-state index contributed by atoms with van der Waals surface area (Å²) in [6, 6.07) is 3.95. The standard InChI is InChI=1S/C11H10N2/c1-3-5-7-11(9-12,10-13)8-6-4-2/h5-6H,1-2,7-8H2. The van der Waals surface area contributed by atoms with E-state index in [9.17, 15) is 0 Å². The highest BCUT2D eigenvalue weighted by Gasteiger charge is 2.26. The third-order valence-corrected chi connectivity index (χ3v) is 1.62. The predicted octanol–water partition coefficient (Wildman–Crippen LogP) is 2.48. The van der Waals surface area contributed by atoms with Gasteiger partial charge in [-0.2, -0.15) is 10.5 Å². The van der Waals surface area contributed by atoms with Gasteiger partial charge in [0.15, 0.2) is 5.41 Å². The summed E-state index contributed by atoms with van der Waals surface area (Å²) in [5, 5.41) is 17.6. The zero-order valence-electron chi connectivity index (χ0n) is 7.38. The first-order valence-corrected chi connectivity index (χ1v) is 3.76. The lowest BCUT2D eigenvalue weighted by molar-refractivity contribution is 0.539. The Balaban J connectivity index is 4.73. The lowest BCUT2D eigenvalue weighted by Gasteiger charge is -2.11. The van der Waals surface area contributed by atoms with Crippen molar-refractivity contribution in [3.05, 3.63) is 36.8 Å². The molecule has 0 rings (SSSR count). The first-order chi connectivity index (χ1) is 6.24. The van der Waals surface area contributed by atoms with Crippen LogP contribution in [0.5, 0.6) is 0 Å². The molecular weight excluding hydrogens is 160 g/mol. The van der Waals surface area contributed by atoms with E-state index in [0.717, 1.165) is 0 Å². The molecule has 13 heavy (non-hydrogen) atoms. The zero-order chi connectivity index (χ0) is 10.2. The zero-order valence-corrected chi connectivity index (χ0v) is 7.38. The Hall–Kier alpha value is -1.98. The predicted molar refractivity (Wildman–Crippen MR) is 50.3 cm³/mol. The molecule has 0 amide bonds. The van der Waals surface area contributed by atoms with Crippen molar-refractivity contribution in [2.24, 2.45) is 5.41 Å². The number of nitrogens with zero attached hydrogens (tertiary/aromatic N) is 2. The lowest BCUT2D eigenvalue weighted by atomic mass is 9.84. The van der Waals surface area contributed by atoms with Crippen molar-refractivity contribution in [3.63, 3.8) is 0 Å². The van der Waals surface area contributed by atoms with Crippen LogP contribution < -0.4 is 0 Å². The molecule has 64 valence electrons. The van der Waals surface area contributed by atoms with E-state index in [0.29, 0.717) is 12.8 Å². The molecule has 0 saturated carbocycles. The average Bonchev–Trinajstić information content (AvgIpc) is 2.20. The van der Waals surface area contributed by atoms with E-state index in [1.807, 2.05) is 12.1 Å². The largest absolute Gasteiger partial charge is 0.197 e. The van der Waals surface area contributed by atoms with Crippen molar-refractivity contribution in [1.82, 2.24) is 0 Å². The minimum absolute atomic E-state index is 0.335. The minimum atomic E-state index is -1.02. The van der Waals surface area contributed by atoms with E-state index < -0.39 is 5.41 Å². The van der Waals surface area contributed by atoms with Gasteiger partial charge in [-0.05, 0) is 12.2 Å². The van der Waals surface area contributed by atoms with Crippen LogP contribution in [0.25, 0.3) is 0 Å². The summed E-state index contributed by atoms with van der Waals surface area (Å²) < 4.78 is 0. The molecule has 0 aromatic carbocycles. The van der Waals surface area contributed by atoms with Gasteiger partial charge in [-0.3, -0.25) is 0 Å². The molecule has 0 bridgehead atoms. The summed E-state index contributed by atoms with van der Waals surface area (Å²) in [5.74, 6) is 0. The number of hydrogen-bond donors (Lipinski definition) is 0. The molecule has 0 spiro atoms. The third kappa shape index (κ3) is 3.28. The van der Waals surface area contributed by atoms with Gasteiger partial charge in [0.25, 0.3) is 0 Å². The highest BCUT2D eigenvalue weighted by Crippen LogP contribution is 2.25. The fourth-order valence-corrected chi connectivity index (χ4v) is 0.784. The molecule has 0 N–H and O–H groups in total. The van der Waals surface area contributed by atoms with Crippen LogP contribution in [-0.2, 0) is 0 Å². The van der Waals surface area contributed by atoms with Crippen LogP contribution in [0.3, 0.4) is 0 Å². The maximum Gasteiger partial charge on any atom is 0.151 e. The molecule has 0 heterocycles. The summed E-state index contributed by atoms with van der Waals surface area (Å²) in [6.45, 7) is 6.75. The van der Waals surface area contributed by atoms with Crippen molar-refractivity contribution < 1.29 is 0 Å². The average molecular weight is 170 g/mol. The summed E-state index contributed by atoms with van der Waals surface area (Å²) in [5.41, 5.74) is 4.06. The third-order valence-electron chi connectivity index (χ3n) is 1.62. The highest BCUT2D eigenvalue weighted by atomic mass is 14.4.